The van der Waals surface area contributed by atoms with Crippen LogP contribution in [0.15, 0.2) is 12.2 Å². The van der Waals surface area contributed by atoms with Gasteiger partial charge in [-0.2, -0.15) is 0 Å². The van der Waals surface area contributed by atoms with Gasteiger partial charge in [0, 0.05) is 12.6 Å². The van der Waals surface area contributed by atoms with Gasteiger partial charge in [0.05, 0.1) is 7.11 Å². The van der Waals surface area contributed by atoms with Crippen molar-refractivity contribution >= 4 is 5.97 Å². The molecule has 86 valence electrons. The number of carbonyl (C=O) groups is 1. The van der Waals surface area contributed by atoms with Crippen molar-refractivity contribution in [3.8, 4) is 0 Å². The smallest absolute Gasteiger partial charge is 0.327 e. The Balaban J connectivity index is 2.91. The normalized spacial score (nSPS) is 32.4. The van der Waals surface area contributed by atoms with Gasteiger partial charge in [0.25, 0.3) is 0 Å². The number of nitrogens with one attached hydrogen (secondary N) is 1. The third-order valence-electron chi connectivity index (χ3n) is 3.15. The fraction of sp³-hybridized carbons (Fsp3) is 0.727. The maximum Gasteiger partial charge on any atom is 0.327 e. The summed E-state index contributed by atoms with van der Waals surface area (Å²) in [5, 5.41) is 3.09. The zero-order chi connectivity index (χ0) is 11.5. The molecule has 1 rings (SSSR count). The molecule has 1 aliphatic heterocycles. The molecule has 0 bridgehead atoms. The molecule has 0 aromatic heterocycles. The fourth-order valence-corrected chi connectivity index (χ4v) is 1.87. The molecule has 15 heavy (non-hydrogen) atoms. The Morgan fingerprint density at radius 1 is 1.67 bits per heavy atom. The molecule has 0 saturated carbocycles. The number of carbonyl (C=O) groups excluding carboxylic acids is 1. The second-order valence-electron chi connectivity index (χ2n) is 4.11. The predicted octanol–water partition coefficient (Wildman–Crippen LogP) is 0.398. The highest BCUT2D eigenvalue weighted by Gasteiger charge is 2.39. The summed E-state index contributed by atoms with van der Waals surface area (Å²) in [5.74, 6) is -0.199. The van der Waals surface area contributed by atoms with Gasteiger partial charge in [-0.15, -0.1) is 0 Å². The van der Waals surface area contributed by atoms with Crippen LogP contribution in [0.2, 0.25) is 0 Å². The highest BCUT2D eigenvalue weighted by molar-refractivity contribution is 5.81. The van der Waals surface area contributed by atoms with E-state index in [0.29, 0.717) is 19.0 Å². The van der Waals surface area contributed by atoms with Crippen LogP contribution < -0.4 is 5.32 Å². The molecular weight excluding hydrogens is 192 g/mol. The first-order chi connectivity index (χ1) is 7.05. The molecule has 0 aromatic rings. The van der Waals surface area contributed by atoms with E-state index < -0.39 is 5.54 Å². The Kier molecular flexibility index (Phi) is 3.88. The van der Waals surface area contributed by atoms with E-state index in [1.807, 2.05) is 13.1 Å². The van der Waals surface area contributed by atoms with Crippen molar-refractivity contribution in [2.45, 2.75) is 24.9 Å². The van der Waals surface area contributed by atoms with Crippen LogP contribution in [0.25, 0.3) is 0 Å². The SMILES string of the molecule is CN[C@@]1(C(=O)OC)CC=C[C@@H](C)N(C)C1. The first kappa shape index (κ1) is 12.2. The van der Waals surface area contributed by atoms with Crippen LogP contribution in [0.3, 0.4) is 0 Å². The lowest BCUT2D eigenvalue weighted by atomic mass is 9.95. The molecule has 1 heterocycles. The van der Waals surface area contributed by atoms with Crippen molar-refractivity contribution in [1.29, 1.82) is 0 Å². The number of esters is 1. The van der Waals surface area contributed by atoms with Crippen molar-refractivity contribution in [3.05, 3.63) is 12.2 Å². The molecule has 1 N–H and O–H groups in total. The first-order valence-electron chi connectivity index (χ1n) is 5.20. The van der Waals surface area contributed by atoms with Crippen LogP contribution in [0.4, 0.5) is 0 Å². The molecule has 1 aliphatic rings. The Morgan fingerprint density at radius 2 is 2.33 bits per heavy atom. The standard InChI is InChI=1S/C11H20N2O2/c1-9-6-5-7-11(12-2,8-13(9)3)10(14)15-4/h5-6,9,12H,7-8H2,1-4H3/t9-,11+/m1/s1. The van der Waals surface area contributed by atoms with Crippen LogP contribution in [0.1, 0.15) is 13.3 Å². The van der Waals surface area contributed by atoms with Gasteiger partial charge in [0.2, 0.25) is 0 Å². The van der Waals surface area contributed by atoms with Gasteiger partial charge >= 0.3 is 5.97 Å². The molecule has 2 atom stereocenters. The molecular formula is C11H20N2O2. The molecule has 0 amide bonds. The number of methoxy groups -OCH3 is 1. The average Bonchev–Trinajstić information content (AvgIpc) is 2.39. The summed E-state index contributed by atoms with van der Waals surface area (Å²) in [4.78, 5) is 13.9. The maximum atomic E-state index is 11.8. The van der Waals surface area contributed by atoms with Gasteiger partial charge < -0.3 is 10.1 Å². The summed E-state index contributed by atoms with van der Waals surface area (Å²) in [6, 6.07) is 0.352. The zero-order valence-corrected chi connectivity index (χ0v) is 9.91. The first-order valence-corrected chi connectivity index (χ1v) is 5.20. The molecule has 4 heteroatoms. The fourth-order valence-electron chi connectivity index (χ4n) is 1.87. The Hall–Kier alpha value is -0.870. The number of hydrogen-bond donors (Lipinski definition) is 1. The minimum absolute atomic E-state index is 0.199. The van der Waals surface area contributed by atoms with E-state index in [9.17, 15) is 4.79 Å². The highest BCUT2D eigenvalue weighted by atomic mass is 16.5. The molecule has 0 saturated heterocycles. The number of likely N-dealkylation sites (N-methyl/N-ethyl adjacent to an activating group) is 2. The topological polar surface area (TPSA) is 41.6 Å². The molecule has 0 aromatic carbocycles. The van der Waals surface area contributed by atoms with E-state index in [4.69, 9.17) is 4.74 Å². The maximum absolute atomic E-state index is 11.8. The molecule has 0 aliphatic carbocycles. The van der Waals surface area contributed by atoms with Crippen LogP contribution in [-0.2, 0) is 9.53 Å². The van der Waals surface area contributed by atoms with Gasteiger partial charge in [-0.1, -0.05) is 12.2 Å². The molecule has 0 spiro atoms. The Morgan fingerprint density at radius 3 is 2.87 bits per heavy atom. The highest BCUT2D eigenvalue weighted by Crippen LogP contribution is 2.19. The van der Waals surface area contributed by atoms with E-state index in [2.05, 4.69) is 23.2 Å². The van der Waals surface area contributed by atoms with Crippen LogP contribution in [0.5, 0.6) is 0 Å². The second kappa shape index (κ2) is 4.77. The Bertz CT molecular complexity index is 265. The second-order valence-corrected chi connectivity index (χ2v) is 4.11. The largest absolute Gasteiger partial charge is 0.468 e. The van der Waals surface area contributed by atoms with Gasteiger partial charge in [0.1, 0.15) is 5.54 Å². The van der Waals surface area contributed by atoms with Crippen molar-refractivity contribution in [2.24, 2.45) is 0 Å². The van der Waals surface area contributed by atoms with Crippen molar-refractivity contribution in [2.75, 3.05) is 27.7 Å². The summed E-state index contributed by atoms with van der Waals surface area (Å²) in [6.07, 6.45) is 4.83. The van der Waals surface area contributed by atoms with Gasteiger partial charge in [0.15, 0.2) is 0 Å². The number of rotatable bonds is 2. The van der Waals surface area contributed by atoms with Crippen LogP contribution in [0, 0.1) is 0 Å². The van der Waals surface area contributed by atoms with Gasteiger partial charge in [-0.25, -0.2) is 4.79 Å². The summed E-state index contributed by atoms with van der Waals surface area (Å²) in [7, 11) is 5.24. The third kappa shape index (κ3) is 2.38. The summed E-state index contributed by atoms with van der Waals surface area (Å²) < 4.78 is 4.86. The van der Waals surface area contributed by atoms with E-state index >= 15 is 0 Å². The third-order valence-corrected chi connectivity index (χ3v) is 3.15. The predicted molar refractivity (Wildman–Crippen MR) is 59.7 cm³/mol. The van der Waals surface area contributed by atoms with Crippen LogP contribution in [-0.4, -0.2) is 50.2 Å². The average molecular weight is 212 g/mol. The monoisotopic (exact) mass is 212 g/mol. The quantitative estimate of drug-likeness (QED) is 0.531. The number of ether oxygens (including phenoxy) is 1. The molecule has 0 unspecified atom stereocenters. The van der Waals surface area contributed by atoms with Gasteiger partial charge in [-0.3, -0.25) is 4.90 Å². The molecule has 0 radical (unpaired) electrons. The number of hydrogen-bond acceptors (Lipinski definition) is 4. The lowest BCUT2D eigenvalue weighted by molar-refractivity contribution is -0.149. The van der Waals surface area contributed by atoms with E-state index in [1.54, 1.807) is 7.05 Å². The summed E-state index contributed by atoms with van der Waals surface area (Å²) >= 11 is 0. The van der Waals surface area contributed by atoms with Crippen LogP contribution >= 0.6 is 0 Å². The lowest BCUT2D eigenvalue weighted by Crippen LogP contribution is -2.57. The van der Waals surface area contributed by atoms with Gasteiger partial charge in [-0.05, 0) is 27.4 Å². The minimum Gasteiger partial charge on any atom is -0.468 e. The van der Waals surface area contributed by atoms with Crippen molar-refractivity contribution < 1.29 is 9.53 Å². The Labute approximate surface area is 91.3 Å². The van der Waals surface area contributed by atoms with Crippen molar-refractivity contribution in [3.63, 3.8) is 0 Å². The van der Waals surface area contributed by atoms with E-state index in [1.165, 1.54) is 7.11 Å². The minimum atomic E-state index is -0.606. The van der Waals surface area contributed by atoms with Crippen molar-refractivity contribution in [1.82, 2.24) is 10.2 Å². The zero-order valence-electron chi connectivity index (χ0n) is 9.91. The van der Waals surface area contributed by atoms with E-state index in [-0.39, 0.29) is 5.97 Å². The summed E-state index contributed by atoms with van der Waals surface area (Å²) in [6.45, 7) is 2.77. The summed E-state index contributed by atoms with van der Waals surface area (Å²) in [5.41, 5.74) is -0.606. The molecule has 4 nitrogen and oxygen atoms in total. The lowest BCUT2D eigenvalue weighted by Gasteiger charge is -2.33. The molecule has 0 fully saturated rings. The van der Waals surface area contributed by atoms with E-state index in [0.717, 1.165) is 0 Å². The number of nitrogens with zero attached hydrogens (tertiary/aromatic N) is 1.